The van der Waals surface area contributed by atoms with Gasteiger partial charge in [-0.2, -0.15) is 0 Å². The van der Waals surface area contributed by atoms with Gasteiger partial charge >= 0.3 is 0 Å². The van der Waals surface area contributed by atoms with Crippen LogP contribution in [-0.4, -0.2) is 76.0 Å². The van der Waals surface area contributed by atoms with Crippen molar-refractivity contribution in [3.8, 4) is 17.1 Å². The highest BCUT2D eigenvalue weighted by molar-refractivity contribution is 5.65. The molecule has 2 fully saturated rings. The Morgan fingerprint density at radius 1 is 1.27 bits per heavy atom. The second-order valence-corrected chi connectivity index (χ2v) is 7.35. The Kier molecular flexibility index (Phi) is 4.38. The number of anilines is 2. The number of rotatable bonds is 5. The Morgan fingerprint density at radius 3 is 2.80 bits per heavy atom. The van der Waals surface area contributed by atoms with Crippen LogP contribution in [0, 0.1) is 0 Å². The fraction of sp³-hybridized carbons (Fsp3) is 0.444. The Labute approximate surface area is 169 Å². The smallest absolute Gasteiger partial charge is 0.282 e. The van der Waals surface area contributed by atoms with Gasteiger partial charge in [0.2, 0.25) is 5.95 Å². The lowest BCUT2D eigenvalue weighted by atomic mass is 10.1. The fourth-order valence-electron chi connectivity index (χ4n) is 3.62. The van der Waals surface area contributed by atoms with E-state index in [1.807, 2.05) is 0 Å². The molecule has 0 bridgehead atoms. The van der Waals surface area contributed by atoms with Gasteiger partial charge in [0.05, 0.1) is 38.1 Å². The summed E-state index contributed by atoms with van der Waals surface area (Å²) in [5.74, 6) is -1.78. The highest BCUT2D eigenvalue weighted by Crippen LogP contribution is 2.36. The highest BCUT2D eigenvalue weighted by Gasteiger charge is 2.45. The maximum absolute atomic E-state index is 13.9. The first-order chi connectivity index (χ1) is 14.4. The van der Waals surface area contributed by atoms with Gasteiger partial charge in [0, 0.05) is 25.4 Å². The predicted molar refractivity (Wildman–Crippen MR) is 103 cm³/mol. The lowest BCUT2D eigenvalue weighted by Gasteiger charge is -2.39. The molecule has 0 spiro atoms. The molecule has 9 nitrogen and oxygen atoms in total. The van der Waals surface area contributed by atoms with Crippen LogP contribution in [0.15, 0.2) is 24.5 Å². The number of alkyl halides is 3. The molecule has 5 rings (SSSR count). The van der Waals surface area contributed by atoms with Crippen LogP contribution in [-0.2, 0) is 0 Å². The van der Waals surface area contributed by atoms with E-state index in [9.17, 15) is 13.2 Å². The van der Waals surface area contributed by atoms with Gasteiger partial charge in [-0.25, -0.2) is 32.6 Å². The van der Waals surface area contributed by atoms with Crippen molar-refractivity contribution in [2.75, 3.05) is 43.5 Å². The predicted octanol–water partition coefficient (Wildman–Crippen LogP) is 1.37. The van der Waals surface area contributed by atoms with Crippen molar-refractivity contribution in [1.29, 1.82) is 0 Å². The Balaban J connectivity index is 1.49. The maximum atomic E-state index is 13.9. The molecule has 0 aromatic carbocycles. The summed E-state index contributed by atoms with van der Waals surface area (Å²) in [6, 6.07) is 2.91. The summed E-state index contributed by atoms with van der Waals surface area (Å²) in [7, 11) is 1.46. The van der Waals surface area contributed by atoms with E-state index in [0.29, 0.717) is 35.1 Å². The van der Waals surface area contributed by atoms with Crippen LogP contribution in [0.1, 0.15) is 0 Å². The monoisotopic (exact) mass is 420 g/mol. The van der Waals surface area contributed by atoms with Crippen molar-refractivity contribution in [2.24, 2.45) is 0 Å². The van der Waals surface area contributed by atoms with Gasteiger partial charge in [-0.05, 0) is 6.07 Å². The molecule has 12 heteroatoms. The number of fused-ring (bicyclic) bond motifs is 1. The number of nitrogens with zero attached hydrogens (tertiary/aromatic N) is 6. The number of hydrogen-bond donors (Lipinski definition) is 2. The zero-order chi connectivity index (χ0) is 20.9. The average Bonchev–Trinajstić information content (AvgIpc) is 3.31. The minimum Gasteiger partial charge on any atom is -0.493 e. The van der Waals surface area contributed by atoms with Crippen LogP contribution in [0.3, 0.4) is 0 Å². The normalized spacial score (nSPS) is 22.9. The number of nitrogens with one attached hydrogen (secondary N) is 2. The van der Waals surface area contributed by atoms with Crippen molar-refractivity contribution in [3.63, 3.8) is 0 Å². The molecule has 0 unspecified atom stereocenters. The topological polar surface area (TPSA) is 92.5 Å². The van der Waals surface area contributed by atoms with E-state index in [4.69, 9.17) is 4.74 Å². The molecule has 5 heterocycles. The molecule has 2 aliphatic rings. The van der Waals surface area contributed by atoms with Crippen molar-refractivity contribution >= 4 is 17.4 Å². The van der Waals surface area contributed by atoms with Gasteiger partial charge in [-0.3, -0.25) is 0 Å². The molecular weight excluding hydrogens is 401 g/mol. The third kappa shape index (κ3) is 3.26. The van der Waals surface area contributed by atoms with Crippen LogP contribution < -0.4 is 20.3 Å². The quantitative estimate of drug-likeness (QED) is 0.640. The minimum atomic E-state index is -2.74. The number of aromatic nitrogens is 5. The standard InChI is InChI=1S/C18H19F3N8O/c1-30-14-4-15-24-7-13(29(15)27-16(14)28-8-18(20,21)9-28)11-2-3-23-17(25-11)26-12-6-22-5-10(12)19/h2-4,7,10,12,22H,5-6,8-9H2,1H3,(H,23,25,26)/t10-,12-/m0/s1. The van der Waals surface area contributed by atoms with E-state index in [1.165, 1.54) is 16.5 Å². The molecule has 3 aromatic heterocycles. The van der Waals surface area contributed by atoms with Crippen molar-refractivity contribution in [3.05, 3.63) is 24.5 Å². The Hall–Kier alpha value is -3.15. The van der Waals surface area contributed by atoms with Gasteiger partial charge in [-0.15, -0.1) is 5.10 Å². The van der Waals surface area contributed by atoms with Gasteiger partial charge in [-0.1, -0.05) is 0 Å². The SMILES string of the molecule is COc1cc2ncc(-c3ccnc(N[C@H]4CNC[C@@H]4F)n3)n2nc1N1CC(F)(F)C1. The van der Waals surface area contributed by atoms with Gasteiger partial charge in [0.1, 0.15) is 11.9 Å². The van der Waals surface area contributed by atoms with E-state index in [1.54, 1.807) is 24.5 Å². The summed E-state index contributed by atoms with van der Waals surface area (Å²) >= 11 is 0. The Bertz CT molecular complexity index is 1080. The third-order valence-electron chi connectivity index (χ3n) is 5.18. The van der Waals surface area contributed by atoms with E-state index in [0.717, 1.165) is 0 Å². The van der Waals surface area contributed by atoms with Crippen LogP contribution in [0.4, 0.5) is 24.9 Å². The van der Waals surface area contributed by atoms with Crippen molar-refractivity contribution in [2.45, 2.75) is 18.1 Å². The summed E-state index contributed by atoms with van der Waals surface area (Å²) in [4.78, 5) is 14.4. The molecule has 0 saturated carbocycles. The number of methoxy groups -OCH3 is 1. The summed E-state index contributed by atoms with van der Waals surface area (Å²) in [5.41, 5.74) is 1.54. The lowest BCUT2D eigenvalue weighted by molar-refractivity contribution is -0.0270. The fourth-order valence-corrected chi connectivity index (χ4v) is 3.62. The summed E-state index contributed by atoms with van der Waals surface area (Å²) in [5, 5.41) is 10.4. The minimum absolute atomic E-state index is 0.286. The van der Waals surface area contributed by atoms with Crippen molar-refractivity contribution < 1.29 is 17.9 Å². The van der Waals surface area contributed by atoms with Crippen LogP contribution >= 0.6 is 0 Å². The Morgan fingerprint density at radius 2 is 2.10 bits per heavy atom. The molecule has 0 aliphatic carbocycles. The first-order valence-electron chi connectivity index (χ1n) is 9.44. The van der Waals surface area contributed by atoms with Crippen LogP contribution in [0.2, 0.25) is 0 Å². The number of hydrogen-bond acceptors (Lipinski definition) is 8. The number of halogens is 3. The van der Waals surface area contributed by atoms with E-state index in [2.05, 4.69) is 30.7 Å². The second-order valence-electron chi connectivity index (χ2n) is 7.35. The first kappa shape index (κ1) is 18.9. The van der Waals surface area contributed by atoms with Crippen molar-refractivity contribution in [1.82, 2.24) is 29.9 Å². The summed E-state index contributed by atoms with van der Waals surface area (Å²) < 4.78 is 47.4. The summed E-state index contributed by atoms with van der Waals surface area (Å²) in [6.07, 6.45) is 2.11. The molecule has 2 saturated heterocycles. The van der Waals surface area contributed by atoms with E-state index < -0.39 is 31.2 Å². The zero-order valence-corrected chi connectivity index (χ0v) is 16.0. The number of ether oxygens (including phenoxy) is 1. The van der Waals surface area contributed by atoms with E-state index in [-0.39, 0.29) is 12.5 Å². The van der Waals surface area contributed by atoms with Gasteiger partial charge < -0.3 is 20.3 Å². The molecule has 30 heavy (non-hydrogen) atoms. The molecule has 3 aromatic rings. The molecule has 0 amide bonds. The van der Waals surface area contributed by atoms with Gasteiger partial charge in [0.15, 0.2) is 17.2 Å². The second kappa shape index (κ2) is 6.97. The lowest BCUT2D eigenvalue weighted by Crippen LogP contribution is -2.56. The highest BCUT2D eigenvalue weighted by atomic mass is 19.3. The average molecular weight is 420 g/mol. The molecule has 2 atom stereocenters. The van der Waals surface area contributed by atoms with Crippen LogP contribution in [0.25, 0.3) is 17.0 Å². The molecule has 2 aliphatic heterocycles. The number of imidazole rings is 1. The van der Waals surface area contributed by atoms with Crippen LogP contribution in [0.5, 0.6) is 5.75 Å². The summed E-state index contributed by atoms with van der Waals surface area (Å²) in [6.45, 7) is -0.0785. The third-order valence-corrected chi connectivity index (χ3v) is 5.18. The molecule has 0 radical (unpaired) electrons. The van der Waals surface area contributed by atoms with Gasteiger partial charge in [0.25, 0.3) is 5.92 Å². The zero-order valence-electron chi connectivity index (χ0n) is 16.0. The first-order valence-corrected chi connectivity index (χ1v) is 9.44. The molecular formula is C18H19F3N8O. The maximum Gasteiger partial charge on any atom is 0.282 e. The largest absolute Gasteiger partial charge is 0.493 e. The molecule has 2 N–H and O–H groups in total. The van der Waals surface area contributed by atoms with E-state index >= 15 is 0 Å². The molecule has 158 valence electrons.